The molecular weight excluding hydrogens is 467 g/mol. The van der Waals surface area contributed by atoms with Crippen molar-refractivity contribution in [2.75, 3.05) is 18.5 Å². The molecule has 0 bridgehead atoms. The Morgan fingerprint density at radius 1 is 1.21 bits per heavy atom. The molecule has 0 radical (unpaired) electrons. The number of esters is 1. The largest absolute Gasteiger partial charge is 0.481 e. The highest BCUT2D eigenvalue weighted by atomic mass is 79.9. The van der Waals surface area contributed by atoms with Crippen molar-refractivity contribution in [2.45, 2.75) is 25.7 Å². The number of ether oxygens (including phenoxy) is 2. The minimum Gasteiger partial charge on any atom is -0.481 e. The van der Waals surface area contributed by atoms with Crippen LogP contribution in [0, 0.1) is 5.82 Å². The van der Waals surface area contributed by atoms with Gasteiger partial charge in [0.1, 0.15) is 16.6 Å². The average Bonchev–Trinajstić information content (AvgIpc) is 3.03. The van der Waals surface area contributed by atoms with Gasteiger partial charge in [-0.05, 0) is 65.4 Å². The Morgan fingerprint density at radius 2 is 1.97 bits per heavy atom. The number of carbonyl (C=O) groups excluding carboxylic acids is 3. The third-order valence-corrected chi connectivity index (χ3v) is 6.10. The zero-order chi connectivity index (χ0) is 21.0. The molecule has 0 unspecified atom stereocenters. The van der Waals surface area contributed by atoms with E-state index in [1.54, 1.807) is 0 Å². The minimum absolute atomic E-state index is 0.267. The molecule has 7 nitrogen and oxygen atoms in total. The van der Waals surface area contributed by atoms with Gasteiger partial charge < -0.3 is 20.5 Å². The van der Waals surface area contributed by atoms with Crippen molar-refractivity contribution in [1.82, 2.24) is 0 Å². The number of carbonyl (C=O) groups is 3. The highest BCUT2D eigenvalue weighted by molar-refractivity contribution is 9.10. The molecule has 1 aliphatic carbocycles. The summed E-state index contributed by atoms with van der Waals surface area (Å²) >= 11 is 4.45. The summed E-state index contributed by atoms with van der Waals surface area (Å²) in [6.45, 7) is -0.981. The van der Waals surface area contributed by atoms with E-state index >= 15 is 0 Å². The van der Waals surface area contributed by atoms with Crippen molar-refractivity contribution in [3.05, 3.63) is 44.5 Å². The van der Waals surface area contributed by atoms with Crippen LogP contribution in [0.5, 0.6) is 5.75 Å². The van der Waals surface area contributed by atoms with E-state index in [0.29, 0.717) is 15.0 Å². The Kier molecular flexibility index (Phi) is 6.86. The Labute approximate surface area is 178 Å². The third-order valence-electron chi connectivity index (χ3n) is 4.27. The summed E-state index contributed by atoms with van der Waals surface area (Å²) in [5, 5.41) is 2.99. The van der Waals surface area contributed by atoms with Gasteiger partial charge in [-0.3, -0.25) is 9.59 Å². The van der Waals surface area contributed by atoms with Crippen LogP contribution in [0.1, 0.15) is 33.6 Å². The summed E-state index contributed by atoms with van der Waals surface area (Å²) in [5.41, 5.74) is 6.73. The molecule has 0 saturated carbocycles. The van der Waals surface area contributed by atoms with E-state index < -0.39 is 36.8 Å². The van der Waals surface area contributed by atoms with E-state index in [1.165, 1.54) is 29.5 Å². The van der Waals surface area contributed by atoms with Gasteiger partial charge in [0.2, 0.25) is 0 Å². The fraction of sp³-hybridized carbons (Fsp3) is 0.316. The second-order valence-corrected chi connectivity index (χ2v) is 8.31. The molecule has 2 aromatic rings. The van der Waals surface area contributed by atoms with Gasteiger partial charge in [-0.1, -0.05) is 0 Å². The van der Waals surface area contributed by atoms with Gasteiger partial charge >= 0.3 is 5.97 Å². The molecule has 1 aromatic heterocycles. The molecule has 0 aliphatic heterocycles. The van der Waals surface area contributed by atoms with E-state index in [1.807, 2.05) is 0 Å². The number of aryl methyl sites for hydroxylation is 1. The lowest BCUT2D eigenvalue weighted by Crippen LogP contribution is -2.24. The summed E-state index contributed by atoms with van der Waals surface area (Å²) in [4.78, 5) is 36.8. The van der Waals surface area contributed by atoms with Gasteiger partial charge in [0, 0.05) is 4.88 Å². The molecule has 10 heteroatoms. The van der Waals surface area contributed by atoms with E-state index in [2.05, 4.69) is 21.2 Å². The van der Waals surface area contributed by atoms with Crippen LogP contribution in [-0.2, 0) is 27.2 Å². The zero-order valence-corrected chi connectivity index (χ0v) is 17.7. The van der Waals surface area contributed by atoms with E-state index in [4.69, 9.17) is 15.2 Å². The Morgan fingerprint density at radius 3 is 2.69 bits per heavy atom. The fourth-order valence-electron chi connectivity index (χ4n) is 2.99. The van der Waals surface area contributed by atoms with Crippen molar-refractivity contribution in [1.29, 1.82) is 0 Å². The van der Waals surface area contributed by atoms with Gasteiger partial charge in [-0.25, -0.2) is 9.18 Å². The number of hydrogen-bond acceptors (Lipinski definition) is 6. The highest BCUT2D eigenvalue weighted by Crippen LogP contribution is 2.37. The summed E-state index contributed by atoms with van der Waals surface area (Å²) in [6.07, 6.45) is 3.60. The summed E-state index contributed by atoms with van der Waals surface area (Å²) in [7, 11) is 0. The van der Waals surface area contributed by atoms with Crippen LogP contribution < -0.4 is 15.8 Å². The standard InChI is InChI=1S/C19H18BrFN2O5S/c20-12-7-10(21)5-6-13(12)27-9-16(25)28-8-15(24)23-19-17(18(22)26)11-3-1-2-4-14(11)29-19/h5-7H,1-4,8-9H2,(H2,22,26)(H,23,24). The molecule has 154 valence electrons. The highest BCUT2D eigenvalue weighted by Gasteiger charge is 2.25. The molecule has 1 aromatic carbocycles. The number of nitrogens with one attached hydrogen (secondary N) is 1. The quantitative estimate of drug-likeness (QED) is 0.586. The molecule has 29 heavy (non-hydrogen) atoms. The number of amides is 2. The lowest BCUT2D eigenvalue weighted by Gasteiger charge is -2.11. The SMILES string of the molecule is NC(=O)c1c(NC(=O)COC(=O)COc2ccc(F)cc2Br)sc2c1CCCC2. The predicted octanol–water partition coefficient (Wildman–Crippen LogP) is 3.19. The Bertz CT molecular complexity index is 962. The first-order valence-electron chi connectivity index (χ1n) is 8.83. The molecule has 0 atom stereocenters. The monoisotopic (exact) mass is 484 g/mol. The van der Waals surface area contributed by atoms with Crippen LogP contribution in [0.3, 0.4) is 0 Å². The van der Waals surface area contributed by atoms with Crippen molar-refractivity contribution in [2.24, 2.45) is 5.73 Å². The van der Waals surface area contributed by atoms with E-state index in [-0.39, 0.29) is 5.75 Å². The molecule has 1 heterocycles. The van der Waals surface area contributed by atoms with E-state index in [9.17, 15) is 18.8 Å². The van der Waals surface area contributed by atoms with Crippen molar-refractivity contribution in [3.63, 3.8) is 0 Å². The fourth-order valence-corrected chi connectivity index (χ4v) is 4.77. The number of fused-ring (bicyclic) bond motifs is 1. The lowest BCUT2D eigenvalue weighted by molar-refractivity contribution is -0.149. The van der Waals surface area contributed by atoms with Gasteiger partial charge in [0.05, 0.1) is 10.0 Å². The topological polar surface area (TPSA) is 108 Å². The first-order chi connectivity index (χ1) is 13.8. The molecule has 3 rings (SSSR count). The number of rotatable bonds is 7. The number of halogens is 2. The van der Waals surface area contributed by atoms with Gasteiger partial charge in [0.25, 0.3) is 11.8 Å². The van der Waals surface area contributed by atoms with Crippen LogP contribution in [0.15, 0.2) is 22.7 Å². The molecular formula is C19H18BrFN2O5S. The molecule has 0 saturated heterocycles. The third kappa shape index (κ3) is 5.33. The van der Waals surface area contributed by atoms with Gasteiger partial charge in [-0.2, -0.15) is 0 Å². The predicted molar refractivity (Wildman–Crippen MR) is 109 cm³/mol. The molecule has 3 N–H and O–H groups in total. The average molecular weight is 485 g/mol. The van der Waals surface area contributed by atoms with Gasteiger partial charge in [0.15, 0.2) is 13.2 Å². The summed E-state index contributed by atoms with van der Waals surface area (Å²) in [5.74, 6) is -2.12. The van der Waals surface area contributed by atoms with Crippen LogP contribution in [-0.4, -0.2) is 31.0 Å². The normalized spacial score (nSPS) is 12.8. The van der Waals surface area contributed by atoms with Crippen molar-refractivity contribution >= 4 is 50.1 Å². The molecule has 2 amide bonds. The number of benzene rings is 1. The summed E-state index contributed by atoms with van der Waals surface area (Å²) in [6, 6.07) is 3.75. The van der Waals surface area contributed by atoms with E-state index in [0.717, 1.165) is 36.1 Å². The molecule has 0 fully saturated rings. The van der Waals surface area contributed by atoms with Crippen LogP contribution in [0.2, 0.25) is 0 Å². The second kappa shape index (κ2) is 9.36. The number of nitrogens with two attached hydrogens (primary N) is 1. The number of anilines is 1. The smallest absolute Gasteiger partial charge is 0.344 e. The maximum atomic E-state index is 13.0. The lowest BCUT2D eigenvalue weighted by atomic mass is 9.95. The van der Waals surface area contributed by atoms with Crippen molar-refractivity contribution < 1.29 is 28.2 Å². The number of thiophene rings is 1. The maximum absolute atomic E-state index is 13.0. The molecule has 1 aliphatic rings. The second-order valence-electron chi connectivity index (χ2n) is 6.35. The van der Waals surface area contributed by atoms with Crippen molar-refractivity contribution in [3.8, 4) is 5.75 Å². The maximum Gasteiger partial charge on any atom is 0.344 e. The zero-order valence-electron chi connectivity index (χ0n) is 15.3. The number of hydrogen-bond donors (Lipinski definition) is 2. The van der Waals surface area contributed by atoms with Crippen LogP contribution >= 0.6 is 27.3 Å². The first-order valence-corrected chi connectivity index (χ1v) is 10.4. The summed E-state index contributed by atoms with van der Waals surface area (Å²) < 4.78 is 23.5. The molecule has 0 spiro atoms. The van der Waals surface area contributed by atoms with Crippen LogP contribution in [0.25, 0.3) is 0 Å². The van der Waals surface area contributed by atoms with Gasteiger partial charge in [-0.15, -0.1) is 11.3 Å². The van der Waals surface area contributed by atoms with Crippen LogP contribution in [0.4, 0.5) is 9.39 Å². The first kappa shape index (κ1) is 21.3. The minimum atomic E-state index is -0.767. The Hall–Kier alpha value is -2.46. The number of primary amides is 1. The Balaban J connectivity index is 1.53.